The van der Waals surface area contributed by atoms with E-state index in [4.69, 9.17) is 9.57 Å². The first-order valence-corrected chi connectivity index (χ1v) is 14.9. The third-order valence-corrected chi connectivity index (χ3v) is 10.4. The zero-order valence-corrected chi connectivity index (χ0v) is 21.3. The first kappa shape index (κ1) is 24.5. The van der Waals surface area contributed by atoms with Crippen molar-refractivity contribution in [3.8, 4) is 0 Å². The molecule has 1 N–H and O–H groups in total. The molecule has 3 saturated heterocycles. The molecule has 0 aromatic heterocycles. The number of nitrogens with zero attached hydrogens (tertiary/aromatic N) is 3. The molecule has 0 radical (unpaired) electrons. The summed E-state index contributed by atoms with van der Waals surface area (Å²) in [5.74, 6) is 0.303. The fourth-order valence-electron chi connectivity index (χ4n) is 5.15. The molecule has 0 saturated carbocycles. The molecule has 2 atom stereocenters. The van der Waals surface area contributed by atoms with Gasteiger partial charge in [-0.2, -0.15) is 5.48 Å². The molecule has 178 valence electrons. The van der Waals surface area contributed by atoms with Crippen LogP contribution in [-0.2, 0) is 14.4 Å². The second-order valence-electron chi connectivity index (χ2n) is 10.7. The normalized spacial score (nSPS) is 27.5. The summed E-state index contributed by atoms with van der Waals surface area (Å²) in [4.78, 5) is 33.3. The van der Waals surface area contributed by atoms with Gasteiger partial charge in [0, 0.05) is 31.7 Å². The van der Waals surface area contributed by atoms with E-state index in [1.807, 2.05) is 20.8 Å². The van der Waals surface area contributed by atoms with E-state index < -0.39 is 14.0 Å². The average Bonchev–Trinajstić information content (AvgIpc) is 2.89. The van der Waals surface area contributed by atoms with Crippen LogP contribution in [0.3, 0.4) is 0 Å². The quantitative estimate of drug-likeness (QED) is 0.378. The van der Waals surface area contributed by atoms with E-state index in [2.05, 4.69) is 34.6 Å². The van der Waals surface area contributed by atoms with Crippen LogP contribution in [-0.4, -0.2) is 84.4 Å². The van der Waals surface area contributed by atoms with Crippen molar-refractivity contribution in [3.05, 3.63) is 0 Å². The second-order valence-corrected chi connectivity index (χ2v) is 14.7. The van der Waals surface area contributed by atoms with Crippen molar-refractivity contribution < 1.29 is 19.2 Å². The van der Waals surface area contributed by atoms with Gasteiger partial charge in [0.05, 0.1) is 12.6 Å². The van der Waals surface area contributed by atoms with E-state index in [-0.39, 0.29) is 24.2 Å². The van der Waals surface area contributed by atoms with Gasteiger partial charge in [0.25, 0.3) is 0 Å². The largest absolute Gasteiger partial charge is 0.444 e. The highest BCUT2D eigenvalue weighted by Crippen LogP contribution is 2.37. The topological polar surface area (TPSA) is 74.3 Å². The van der Waals surface area contributed by atoms with Crippen molar-refractivity contribution in [1.29, 1.82) is 0 Å². The highest BCUT2D eigenvalue weighted by atomic mass is 28.3. The Morgan fingerprint density at radius 2 is 1.84 bits per heavy atom. The van der Waals surface area contributed by atoms with E-state index >= 15 is 0 Å². The monoisotopic (exact) mass is 454 g/mol. The molecule has 0 bridgehead atoms. The smallest absolute Gasteiger partial charge is 0.410 e. The number of hydrogen-bond donors (Lipinski definition) is 1. The molecule has 3 aliphatic heterocycles. The van der Waals surface area contributed by atoms with Crippen LogP contribution in [0, 0.1) is 0 Å². The number of piperidine rings is 2. The summed E-state index contributed by atoms with van der Waals surface area (Å²) < 4.78 is 10.3. The molecule has 0 aliphatic carbocycles. The van der Waals surface area contributed by atoms with E-state index in [0.717, 1.165) is 51.7 Å². The van der Waals surface area contributed by atoms with E-state index in [9.17, 15) is 9.59 Å². The standard InChI is InChI=1S/C22H42N4O4Si/c1-7-8-15-29-23-17-9-10-19-20(27)26(31(5,6)25(19)16-17)18-11-13-24(14-12-18)21(28)30-22(2,3)4/h17-19,23H,7-16H2,1-6H3/t17-,19+/m1/s1. The van der Waals surface area contributed by atoms with Gasteiger partial charge in [-0.1, -0.05) is 13.3 Å². The highest BCUT2D eigenvalue weighted by molar-refractivity contribution is 6.76. The third kappa shape index (κ3) is 5.61. The zero-order valence-electron chi connectivity index (χ0n) is 20.3. The summed E-state index contributed by atoms with van der Waals surface area (Å²) in [5, 5.41) is 0. The van der Waals surface area contributed by atoms with Crippen molar-refractivity contribution in [1.82, 2.24) is 19.5 Å². The number of hydroxylamine groups is 1. The van der Waals surface area contributed by atoms with E-state index in [1.54, 1.807) is 4.90 Å². The van der Waals surface area contributed by atoms with Crippen molar-refractivity contribution in [2.24, 2.45) is 0 Å². The van der Waals surface area contributed by atoms with Crippen molar-refractivity contribution >= 4 is 20.4 Å². The first-order valence-electron chi connectivity index (χ1n) is 12.0. The SMILES string of the molecule is CCCCON[C@@H]1CC[C@H]2C(=O)N(C3CCN(C(=O)OC(C)(C)C)CC3)[Si](C)(C)N2C1. The number of hydrogen-bond acceptors (Lipinski definition) is 6. The number of fused-ring (bicyclic) bond motifs is 1. The Hall–Kier alpha value is -1.16. The van der Waals surface area contributed by atoms with Gasteiger partial charge in [-0.25, -0.2) is 4.79 Å². The minimum absolute atomic E-state index is 0.0132. The number of ether oxygens (including phenoxy) is 1. The Bertz CT molecular complexity index is 646. The Morgan fingerprint density at radius 3 is 2.45 bits per heavy atom. The third-order valence-electron chi connectivity index (χ3n) is 6.73. The Labute approximate surface area is 188 Å². The lowest BCUT2D eigenvalue weighted by Gasteiger charge is -2.45. The molecule has 0 unspecified atom stereocenters. The van der Waals surface area contributed by atoms with Gasteiger partial charge in [-0.3, -0.25) is 9.36 Å². The van der Waals surface area contributed by atoms with Gasteiger partial charge in [-0.15, -0.1) is 0 Å². The highest BCUT2D eigenvalue weighted by Gasteiger charge is 2.57. The van der Waals surface area contributed by atoms with Crippen LogP contribution < -0.4 is 5.48 Å². The van der Waals surface area contributed by atoms with Gasteiger partial charge < -0.3 is 19.0 Å². The van der Waals surface area contributed by atoms with E-state index in [0.29, 0.717) is 19.0 Å². The van der Waals surface area contributed by atoms with Crippen LogP contribution in [0.25, 0.3) is 0 Å². The molecule has 0 spiro atoms. The lowest BCUT2D eigenvalue weighted by molar-refractivity contribution is -0.131. The van der Waals surface area contributed by atoms with E-state index in [1.165, 1.54) is 0 Å². The predicted molar refractivity (Wildman–Crippen MR) is 123 cm³/mol. The van der Waals surface area contributed by atoms with Gasteiger partial charge in [0.1, 0.15) is 5.60 Å². The first-order chi connectivity index (χ1) is 14.5. The van der Waals surface area contributed by atoms with Crippen LogP contribution in [0.4, 0.5) is 4.79 Å². The number of likely N-dealkylation sites (tertiary alicyclic amines) is 1. The van der Waals surface area contributed by atoms with Crippen LogP contribution in [0.2, 0.25) is 13.1 Å². The predicted octanol–water partition coefficient (Wildman–Crippen LogP) is 3.08. The number of unbranched alkanes of at least 4 members (excludes halogenated alkanes) is 1. The van der Waals surface area contributed by atoms with Crippen LogP contribution >= 0.6 is 0 Å². The lowest BCUT2D eigenvalue weighted by Crippen LogP contribution is -2.63. The maximum atomic E-state index is 13.4. The van der Waals surface area contributed by atoms with Gasteiger partial charge in [-0.05, 0) is 66.0 Å². The number of amides is 2. The number of rotatable bonds is 6. The second kappa shape index (κ2) is 9.76. The Balaban J connectivity index is 1.58. The molecule has 9 heteroatoms. The summed E-state index contributed by atoms with van der Waals surface area (Å²) in [6.07, 6.45) is 5.43. The van der Waals surface area contributed by atoms with Crippen molar-refractivity contribution in [3.63, 3.8) is 0 Å². The fourth-order valence-corrected chi connectivity index (χ4v) is 8.94. The lowest BCUT2D eigenvalue weighted by atomic mass is 9.99. The fraction of sp³-hybridized carbons (Fsp3) is 0.909. The molecule has 31 heavy (non-hydrogen) atoms. The molecule has 0 aromatic rings. The maximum Gasteiger partial charge on any atom is 0.410 e. The number of carbonyl (C=O) groups excluding carboxylic acids is 2. The van der Waals surface area contributed by atoms with Crippen molar-refractivity contribution in [2.45, 2.75) is 103 Å². The Kier molecular flexibility index (Phi) is 7.71. The van der Waals surface area contributed by atoms with Crippen LogP contribution in [0.1, 0.15) is 66.2 Å². The Morgan fingerprint density at radius 1 is 1.16 bits per heavy atom. The molecular formula is C22H42N4O4Si. The molecule has 0 aromatic carbocycles. The minimum atomic E-state index is -2.08. The summed E-state index contributed by atoms with van der Waals surface area (Å²) >= 11 is 0. The molecular weight excluding hydrogens is 412 g/mol. The molecule has 3 fully saturated rings. The molecule has 2 amide bonds. The minimum Gasteiger partial charge on any atom is -0.444 e. The molecule has 3 heterocycles. The molecule has 3 rings (SSSR count). The van der Waals surface area contributed by atoms with Gasteiger partial charge >= 0.3 is 6.09 Å². The van der Waals surface area contributed by atoms with Crippen molar-refractivity contribution in [2.75, 3.05) is 26.2 Å². The summed E-state index contributed by atoms with van der Waals surface area (Å²) in [5.41, 5.74) is 2.76. The number of carbonyl (C=O) groups is 2. The number of nitrogens with one attached hydrogen (secondary N) is 1. The average molecular weight is 455 g/mol. The van der Waals surface area contributed by atoms with Crippen LogP contribution in [0.5, 0.6) is 0 Å². The van der Waals surface area contributed by atoms with Gasteiger partial charge in [0.2, 0.25) is 14.3 Å². The molecule has 3 aliphatic rings. The zero-order chi connectivity index (χ0) is 22.8. The maximum absolute atomic E-state index is 13.4. The molecule has 8 nitrogen and oxygen atoms in total. The van der Waals surface area contributed by atoms with Crippen LogP contribution in [0.15, 0.2) is 0 Å². The summed E-state index contributed by atoms with van der Waals surface area (Å²) in [7, 11) is -2.08. The van der Waals surface area contributed by atoms with Gasteiger partial charge in [0.15, 0.2) is 0 Å². The summed E-state index contributed by atoms with van der Waals surface area (Å²) in [6, 6.07) is 0.506. The summed E-state index contributed by atoms with van der Waals surface area (Å²) in [6.45, 7) is 15.3.